The second-order valence-electron chi connectivity index (χ2n) is 6.18. The lowest BCUT2D eigenvalue weighted by molar-refractivity contribution is -0.138. The van der Waals surface area contributed by atoms with Crippen LogP contribution in [0.4, 0.5) is 4.79 Å². The highest BCUT2D eigenvalue weighted by Crippen LogP contribution is 2.20. The zero-order valence-electron chi connectivity index (χ0n) is 13.8. The van der Waals surface area contributed by atoms with Gasteiger partial charge in [0.05, 0.1) is 6.04 Å². The van der Waals surface area contributed by atoms with Crippen LogP contribution in [0.25, 0.3) is 0 Å². The van der Waals surface area contributed by atoms with E-state index >= 15 is 0 Å². The second kappa shape index (κ2) is 7.92. The molecule has 1 rings (SSSR count). The Kier molecular flexibility index (Phi) is 6.84. The molecule has 0 saturated carbocycles. The van der Waals surface area contributed by atoms with Crippen molar-refractivity contribution in [3.63, 3.8) is 0 Å². The van der Waals surface area contributed by atoms with Gasteiger partial charge >= 0.3 is 6.09 Å². The van der Waals surface area contributed by atoms with Gasteiger partial charge in [-0.3, -0.25) is 9.69 Å². The molecule has 1 atom stereocenters. The second-order valence-corrected chi connectivity index (χ2v) is 7.57. The molecule has 6 heteroatoms. The fourth-order valence-electron chi connectivity index (χ4n) is 2.28. The molecule has 0 aliphatic carbocycles. The summed E-state index contributed by atoms with van der Waals surface area (Å²) in [6.07, 6.45) is 0.514. The minimum atomic E-state index is -0.537. The Balaban J connectivity index is 2.75. The summed E-state index contributed by atoms with van der Waals surface area (Å²) in [6, 6.07) is 0.0524. The van der Waals surface area contributed by atoms with E-state index in [4.69, 9.17) is 4.74 Å². The lowest BCUT2D eigenvalue weighted by Crippen LogP contribution is -2.58. The first kappa shape index (κ1) is 18.1. The van der Waals surface area contributed by atoms with Gasteiger partial charge in [0.2, 0.25) is 5.91 Å². The SMILES string of the molecule is CCSCC[C@H]1CN(CC)C(=O)CN1C(=O)OC(C)(C)C. The third kappa shape index (κ3) is 5.77. The van der Waals surface area contributed by atoms with Crippen molar-refractivity contribution in [2.45, 2.75) is 52.7 Å². The smallest absolute Gasteiger partial charge is 0.411 e. The van der Waals surface area contributed by atoms with Crippen molar-refractivity contribution >= 4 is 23.8 Å². The fourth-order valence-corrected chi connectivity index (χ4v) is 3.01. The van der Waals surface area contributed by atoms with Crippen LogP contribution in [0.2, 0.25) is 0 Å². The van der Waals surface area contributed by atoms with Crippen LogP contribution < -0.4 is 0 Å². The summed E-state index contributed by atoms with van der Waals surface area (Å²) in [5.74, 6) is 2.06. The van der Waals surface area contributed by atoms with E-state index in [0.29, 0.717) is 13.1 Å². The topological polar surface area (TPSA) is 49.9 Å². The Bertz CT molecular complexity index is 368. The molecule has 1 heterocycles. The molecule has 0 bridgehead atoms. The molecule has 2 amide bonds. The Morgan fingerprint density at radius 2 is 2.05 bits per heavy atom. The Morgan fingerprint density at radius 3 is 2.57 bits per heavy atom. The summed E-state index contributed by atoms with van der Waals surface area (Å²) < 4.78 is 5.44. The van der Waals surface area contributed by atoms with Crippen LogP contribution in [0.1, 0.15) is 41.0 Å². The maximum Gasteiger partial charge on any atom is 0.411 e. The van der Waals surface area contributed by atoms with E-state index in [1.165, 1.54) is 0 Å². The van der Waals surface area contributed by atoms with Crippen LogP contribution >= 0.6 is 11.8 Å². The van der Waals surface area contributed by atoms with E-state index in [9.17, 15) is 9.59 Å². The van der Waals surface area contributed by atoms with Crippen molar-refractivity contribution in [3.8, 4) is 0 Å². The monoisotopic (exact) mass is 316 g/mol. The van der Waals surface area contributed by atoms with E-state index < -0.39 is 5.60 Å². The summed E-state index contributed by atoms with van der Waals surface area (Å²) >= 11 is 1.86. The molecule has 0 aromatic rings. The van der Waals surface area contributed by atoms with Crippen molar-refractivity contribution in [1.29, 1.82) is 0 Å². The van der Waals surface area contributed by atoms with Crippen LogP contribution in [0.15, 0.2) is 0 Å². The standard InChI is InChI=1S/C15H28N2O3S/c1-6-16-10-12(8-9-21-7-2)17(11-13(16)18)14(19)20-15(3,4)5/h12H,6-11H2,1-5H3/t12-/m0/s1. The van der Waals surface area contributed by atoms with E-state index in [2.05, 4.69) is 6.92 Å². The number of hydrogen-bond acceptors (Lipinski definition) is 4. The number of ether oxygens (including phenoxy) is 1. The van der Waals surface area contributed by atoms with Gasteiger partial charge in [0, 0.05) is 13.1 Å². The third-order valence-electron chi connectivity index (χ3n) is 3.34. The summed E-state index contributed by atoms with van der Waals surface area (Å²) in [5, 5.41) is 0. The minimum Gasteiger partial charge on any atom is -0.444 e. The third-order valence-corrected chi connectivity index (χ3v) is 4.27. The zero-order chi connectivity index (χ0) is 16.0. The van der Waals surface area contributed by atoms with E-state index in [1.54, 1.807) is 4.90 Å². The Morgan fingerprint density at radius 1 is 1.38 bits per heavy atom. The molecule has 122 valence electrons. The van der Waals surface area contributed by atoms with Crippen LogP contribution in [0.5, 0.6) is 0 Å². The predicted molar refractivity (Wildman–Crippen MR) is 86.6 cm³/mol. The lowest BCUT2D eigenvalue weighted by Gasteiger charge is -2.41. The van der Waals surface area contributed by atoms with Gasteiger partial charge in [0.1, 0.15) is 12.1 Å². The molecule has 0 N–H and O–H groups in total. The normalized spacial score (nSPS) is 19.9. The van der Waals surface area contributed by atoms with Gasteiger partial charge in [-0.2, -0.15) is 11.8 Å². The number of rotatable bonds is 5. The van der Waals surface area contributed by atoms with Gasteiger partial charge in [0.15, 0.2) is 0 Å². The zero-order valence-corrected chi connectivity index (χ0v) is 14.7. The molecule has 0 radical (unpaired) electrons. The molecule has 0 unspecified atom stereocenters. The molecule has 5 nitrogen and oxygen atoms in total. The highest BCUT2D eigenvalue weighted by molar-refractivity contribution is 7.99. The van der Waals surface area contributed by atoms with E-state index in [1.807, 2.05) is 44.4 Å². The first-order valence-corrected chi connectivity index (χ1v) is 8.79. The van der Waals surface area contributed by atoms with Crippen LogP contribution in [-0.2, 0) is 9.53 Å². The van der Waals surface area contributed by atoms with Gasteiger partial charge in [-0.15, -0.1) is 0 Å². The minimum absolute atomic E-state index is 0.00255. The number of likely N-dealkylation sites (N-methyl/N-ethyl adjacent to an activating group) is 1. The van der Waals surface area contributed by atoms with Crippen molar-refractivity contribution in [2.24, 2.45) is 0 Å². The quantitative estimate of drug-likeness (QED) is 0.732. The van der Waals surface area contributed by atoms with Crippen molar-refractivity contribution < 1.29 is 14.3 Å². The first-order valence-electron chi connectivity index (χ1n) is 7.63. The molecule has 0 spiro atoms. The molecule has 1 saturated heterocycles. The largest absolute Gasteiger partial charge is 0.444 e. The summed E-state index contributed by atoms with van der Waals surface area (Å²) in [6.45, 7) is 11.1. The summed E-state index contributed by atoms with van der Waals surface area (Å²) in [4.78, 5) is 27.8. The molecule has 21 heavy (non-hydrogen) atoms. The van der Waals surface area contributed by atoms with Gasteiger partial charge in [-0.05, 0) is 45.6 Å². The number of carbonyl (C=O) groups excluding carboxylic acids is 2. The fraction of sp³-hybridized carbons (Fsp3) is 0.867. The number of hydrogen-bond donors (Lipinski definition) is 0. The average Bonchev–Trinajstić information content (AvgIpc) is 2.38. The molecule has 0 aromatic heterocycles. The number of thioether (sulfide) groups is 1. The van der Waals surface area contributed by atoms with Crippen molar-refractivity contribution in [1.82, 2.24) is 9.80 Å². The molecular weight excluding hydrogens is 288 g/mol. The van der Waals surface area contributed by atoms with Crippen molar-refractivity contribution in [3.05, 3.63) is 0 Å². The molecule has 0 aromatic carbocycles. The van der Waals surface area contributed by atoms with Gasteiger partial charge in [-0.25, -0.2) is 4.79 Å². The van der Waals surface area contributed by atoms with Gasteiger partial charge < -0.3 is 9.64 Å². The van der Waals surface area contributed by atoms with Crippen LogP contribution in [0.3, 0.4) is 0 Å². The lowest BCUT2D eigenvalue weighted by atomic mass is 10.1. The van der Waals surface area contributed by atoms with Crippen LogP contribution in [-0.4, -0.2) is 64.6 Å². The van der Waals surface area contributed by atoms with Gasteiger partial charge in [-0.1, -0.05) is 6.92 Å². The molecular formula is C15H28N2O3S. The number of piperazine rings is 1. The molecule has 1 aliphatic rings. The highest BCUT2D eigenvalue weighted by Gasteiger charge is 2.36. The van der Waals surface area contributed by atoms with E-state index in [-0.39, 0.29) is 24.6 Å². The number of carbonyl (C=O) groups is 2. The number of amides is 2. The number of nitrogens with zero attached hydrogens (tertiary/aromatic N) is 2. The van der Waals surface area contributed by atoms with Crippen LogP contribution in [0, 0.1) is 0 Å². The van der Waals surface area contributed by atoms with Crippen molar-refractivity contribution in [2.75, 3.05) is 31.1 Å². The first-order chi connectivity index (χ1) is 9.78. The average molecular weight is 316 g/mol. The Hall–Kier alpha value is -0.910. The van der Waals surface area contributed by atoms with E-state index in [0.717, 1.165) is 17.9 Å². The maximum absolute atomic E-state index is 12.3. The van der Waals surface area contributed by atoms with Gasteiger partial charge in [0.25, 0.3) is 0 Å². The maximum atomic E-state index is 12.3. The highest BCUT2D eigenvalue weighted by atomic mass is 32.2. The molecule has 1 fully saturated rings. The summed E-state index contributed by atoms with van der Waals surface area (Å²) in [5.41, 5.74) is -0.537. The predicted octanol–water partition coefficient (Wildman–Crippen LogP) is 2.60. The Labute approximate surface area is 132 Å². The molecule has 1 aliphatic heterocycles. The summed E-state index contributed by atoms with van der Waals surface area (Å²) in [7, 11) is 0.